The number of aromatic hydroxyl groups is 1. The Balaban J connectivity index is 3.33. The predicted molar refractivity (Wildman–Crippen MR) is 44.2 cm³/mol. The highest BCUT2D eigenvalue weighted by Crippen LogP contribution is 2.32. The highest BCUT2D eigenvalue weighted by atomic mass is 35.5. The maximum atomic E-state index is 10.3. The molecule has 64 valence electrons. The zero-order valence-corrected chi connectivity index (χ0v) is 6.58. The van der Waals surface area contributed by atoms with Gasteiger partial charge in [-0.3, -0.25) is 10.1 Å². The number of benzene rings is 1. The fraction of sp³-hybridized carbons (Fsp3) is 0. The van der Waals surface area contributed by atoms with Gasteiger partial charge in [-0.15, -0.1) is 0 Å². The minimum absolute atomic E-state index is 0.0871. The van der Waals surface area contributed by atoms with Crippen molar-refractivity contribution in [3.05, 3.63) is 27.3 Å². The molecular weight excluding hydrogens is 184 g/mol. The normalized spacial score (nSPS) is 9.75. The molecule has 0 aliphatic carbocycles. The minimum atomic E-state index is -0.666. The Bertz CT molecular complexity index is 340. The maximum Gasteiger partial charge on any atom is 0.293 e. The molecule has 12 heavy (non-hydrogen) atoms. The van der Waals surface area contributed by atoms with Crippen LogP contribution in [0.3, 0.4) is 0 Å². The van der Waals surface area contributed by atoms with E-state index < -0.39 is 4.92 Å². The summed E-state index contributed by atoms with van der Waals surface area (Å²) in [5.74, 6) is -0.264. The Labute approximate surface area is 72.5 Å². The molecule has 0 atom stereocenters. The zero-order valence-electron chi connectivity index (χ0n) is 5.82. The summed E-state index contributed by atoms with van der Waals surface area (Å²) in [7, 11) is 0. The number of halogens is 1. The van der Waals surface area contributed by atoms with E-state index in [0.717, 1.165) is 12.1 Å². The van der Waals surface area contributed by atoms with Crippen molar-refractivity contribution >= 4 is 23.0 Å². The number of phenols is 1. The second-order valence-electron chi connectivity index (χ2n) is 2.12. The van der Waals surface area contributed by atoms with Gasteiger partial charge in [-0.05, 0) is 0 Å². The SMILES string of the molecule is Nc1cc(O)c(Cl)cc1[N+](=O)[O-]. The van der Waals surface area contributed by atoms with E-state index in [4.69, 9.17) is 22.4 Å². The molecule has 5 nitrogen and oxygen atoms in total. The third kappa shape index (κ3) is 1.40. The number of hydrogen-bond donors (Lipinski definition) is 2. The first kappa shape index (κ1) is 8.61. The van der Waals surface area contributed by atoms with Crippen LogP contribution in [0.5, 0.6) is 5.75 Å². The summed E-state index contributed by atoms with van der Waals surface area (Å²) in [4.78, 5) is 9.60. The van der Waals surface area contributed by atoms with Crippen molar-refractivity contribution in [3.63, 3.8) is 0 Å². The van der Waals surface area contributed by atoms with Gasteiger partial charge in [0.05, 0.1) is 9.95 Å². The van der Waals surface area contributed by atoms with E-state index in [1.807, 2.05) is 0 Å². The molecule has 0 bridgehead atoms. The minimum Gasteiger partial charge on any atom is -0.506 e. The highest BCUT2D eigenvalue weighted by Gasteiger charge is 2.14. The van der Waals surface area contributed by atoms with Crippen molar-refractivity contribution < 1.29 is 10.0 Å². The van der Waals surface area contributed by atoms with Crippen molar-refractivity contribution in [2.75, 3.05) is 5.73 Å². The number of anilines is 1. The van der Waals surface area contributed by atoms with Gasteiger partial charge >= 0.3 is 0 Å². The van der Waals surface area contributed by atoms with E-state index in [0.29, 0.717) is 0 Å². The number of nitrogens with two attached hydrogens (primary N) is 1. The summed E-state index contributed by atoms with van der Waals surface area (Å²) >= 11 is 5.42. The molecule has 0 saturated heterocycles. The van der Waals surface area contributed by atoms with Gasteiger partial charge in [-0.1, -0.05) is 11.6 Å². The molecule has 1 aromatic carbocycles. The lowest BCUT2D eigenvalue weighted by Crippen LogP contribution is -1.94. The molecule has 3 N–H and O–H groups in total. The summed E-state index contributed by atoms with van der Waals surface area (Å²) in [5.41, 5.74) is 4.81. The number of nitro groups is 1. The molecular formula is C6H5ClN2O3. The third-order valence-electron chi connectivity index (χ3n) is 1.29. The molecule has 6 heteroatoms. The van der Waals surface area contributed by atoms with Crippen LogP contribution in [0.25, 0.3) is 0 Å². The largest absolute Gasteiger partial charge is 0.506 e. The second-order valence-corrected chi connectivity index (χ2v) is 2.53. The Morgan fingerprint density at radius 3 is 2.67 bits per heavy atom. The van der Waals surface area contributed by atoms with Crippen LogP contribution in [0.1, 0.15) is 0 Å². The number of nitrogens with zero attached hydrogens (tertiary/aromatic N) is 1. The third-order valence-corrected chi connectivity index (χ3v) is 1.60. The lowest BCUT2D eigenvalue weighted by Gasteiger charge is -1.99. The van der Waals surface area contributed by atoms with E-state index >= 15 is 0 Å². The lowest BCUT2D eigenvalue weighted by atomic mass is 10.2. The van der Waals surface area contributed by atoms with Crippen LogP contribution in [0.15, 0.2) is 12.1 Å². The molecule has 1 rings (SSSR count). The van der Waals surface area contributed by atoms with Gasteiger partial charge in [0.1, 0.15) is 11.4 Å². The van der Waals surface area contributed by atoms with E-state index in [9.17, 15) is 10.1 Å². The first-order valence-electron chi connectivity index (χ1n) is 2.94. The van der Waals surface area contributed by atoms with Crippen LogP contribution in [-0.2, 0) is 0 Å². The molecule has 0 heterocycles. The van der Waals surface area contributed by atoms with Gasteiger partial charge in [0, 0.05) is 12.1 Å². The Kier molecular flexibility index (Phi) is 2.05. The van der Waals surface area contributed by atoms with E-state index in [2.05, 4.69) is 0 Å². The Hall–Kier alpha value is -1.49. The van der Waals surface area contributed by atoms with Crippen molar-refractivity contribution in [1.29, 1.82) is 0 Å². The fourth-order valence-electron chi connectivity index (χ4n) is 0.726. The van der Waals surface area contributed by atoms with E-state index in [1.54, 1.807) is 0 Å². The van der Waals surface area contributed by atoms with Gasteiger partial charge < -0.3 is 10.8 Å². The van der Waals surface area contributed by atoms with Crippen molar-refractivity contribution in [1.82, 2.24) is 0 Å². The maximum absolute atomic E-state index is 10.3. The summed E-state index contributed by atoms with van der Waals surface area (Å²) < 4.78 is 0. The molecule has 0 aliphatic rings. The average molecular weight is 189 g/mol. The standard InChI is InChI=1S/C6H5ClN2O3/c7-3-1-5(9(11)12)4(8)2-6(3)10/h1-2,10H,8H2. The quantitative estimate of drug-likeness (QED) is 0.397. The van der Waals surface area contributed by atoms with Crippen LogP contribution in [0, 0.1) is 10.1 Å². The number of nitrogen functional groups attached to an aromatic ring is 1. The predicted octanol–water partition coefficient (Wildman–Crippen LogP) is 1.54. The highest BCUT2D eigenvalue weighted by molar-refractivity contribution is 6.32. The van der Waals surface area contributed by atoms with Gasteiger partial charge in [-0.25, -0.2) is 0 Å². The van der Waals surface area contributed by atoms with Crippen molar-refractivity contribution in [2.24, 2.45) is 0 Å². The number of nitro benzene ring substituents is 1. The van der Waals surface area contributed by atoms with Crippen LogP contribution in [0.4, 0.5) is 11.4 Å². The molecule has 0 aliphatic heterocycles. The first-order chi connectivity index (χ1) is 5.52. The van der Waals surface area contributed by atoms with Crippen LogP contribution < -0.4 is 5.73 Å². The molecule has 1 aromatic rings. The summed E-state index contributed by atoms with van der Waals surface area (Å²) in [6.07, 6.45) is 0. The monoisotopic (exact) mass is 188 g/mol. The van der Waals surface area contributed by atoms with Crippen LogP contribution >= 0.6 is 11.6 Å². The number of phenolic OH excluding ortho intramolecular Hbond substituents is 1. The van der Waals surface area contributed by atoms with E-state index in [-0.39, 0.29) is 22.1 Å². The Morgan fingerprint density at radius 1 is 1.58 bits per heavy atom. The van der Waals surface area contributed by atoms with Gasteiger partial charge in [0.25, 0.3) is 5.69 Å². The van der Waals surface area contributed by atoms with Crippen molar-refractivity contribution in [2.45, 2.75) is 0 Å². The molecule has 0 spiro atoms. The summed E-state index contributed by atoms with van der Waals surface area (Å²) in [5, 5.41) is 19.2. The van der Waals surface area contributed by atoms with Crippen molar-refractivity contribution in [3.8, 4) is 5.75 Å². The van der Waals surface area contributed by atoms with E-state index in [1.165, 1.54) is 0 Å². The number of hydrogen-bond acceptors (Lipinski definition) is 4. The summed E-state index contributed by atoms with van der Waals surface area (Å²) in [6, 6.07) is 2.05. The zero-order chi connectivity index (χ0) is 9.30. The number of rotatable bonds is 1. The first-order valence-corrected chi connectivity index (χ1v) is 3.32. The average Bonchev–Trinajstić information content (AvgIpc) is 1.96. The molecule has 0 unspecified atom stereocenters. The molecule has 0 amide bonds. The van der Waals surface area contributed by atoms with Crippen LogP contribution in [-0.4, -0.2) is 10.0 Å². The van der Waals surface area contributed by atoms with Crippen LogP contribution in [0.2, 0.25) is 5.02 Å². The Morgan fingerprint density at radius 2 is 2.17 bits per heavy atom. The van der Waals surface area contributed by atoms with Gasteiger partial charge in [0.2, 0.25) is 0 Å². The molecule has 0 fully saturated rings. The van der Waals surface area contributed by atoms with Gasteiger partial charge in [0.15, 0.2) is 0 Å². The second kappa shape index (κ2) is 2.86. The lowest BCUT2D eigenvalue weighted by molar-refractivity contribution is -0.383. The summed E-state index contributed by atoms with van der Waals surface area (Å²) in [6.45, 7) is 0. The fourth-order valence-corrected chi connectivity index (χ4v) is 0.884. The van der Waals surface area contributed by atoms with Gasteiger partial charge in [-0.2, -0.15) is 0 Å². The smallest absolute Gasteiger partial charge is 0.293 e. The molecule has 0 aromatic heterocycles. The molecule has 0 radical (unpaired) electrons. The topological polar surface area (TPSA) is 89.4 Å². The molecule has 0 saturated carbocycles.